The van der Waals surface area contributed by atoms with Crippen LogP contribution in [0.1, 0.15) is 51.1 Å². The normalized spacial score (nSPS) is 13.4. The molecule has 1 aromatic heterocycles. The lowest BCUT2D eigenvalue weighted by Gasteiger charge is -2.21. The fourth-order valence-electron chi connectivity index (χ4n) is 3.02. The number of carbonyl (C=O) groups is 1. The molecule has 26 heavy (non-hydrogen) atoms. The molecule has 1 heterocycles. The molecule has 0 aliphatic heterocycles. The number of halogens is 1. The number of allylic oxidation sites excluding steroid dienone is 1. The fourth-order valence-corrected chi connectivity index (χ4v) is 3.02. The highest BCUT2D eigenvalue weighted by Gasteiger charge is 2.23. The van der Waals surface area contributed by atoms with E-state index in [0.717, 1.165) is 40.9 Å². The molecule has 5 heteroatoms. The predicted octanol–water partition coefficient (Wildman–Crippen LogP) is 4.79. The van der Waals surface area contributed by atoms with Crippen LogP contribution in [0.2, 0.25) is 0 Å². The molecule has 1 N–H and O–H groups in total. The van der Waals surface area contributed by atoms with Crippen molar-refractivity contribution in [3.8, 4) is 11.3 Å². The number of fused-ring (bicyclic) bond motifs is 3. The van der Waals surface area contributed by atoms with Crippen molar-refractivity contribution in [3.05, 3.63) is 46.5 Å². The van der Waals surface area contributed by atoms with Gasteiger partial charge in [-0.05, 0) is 62.9 Å². The summed E-state index contributed by atoms with van der Waals surface area (Å²) in [5.41, 5.74) is 5.19. The Morgan fingerprint density at radius 3 is 2.77 bits per heavy atom. The maximum atomic E-state index is 13.5. The van der Waals surface area contributed by atoms with Gasteiger partial charge in [0, 0.05) is 11.5 Å². The van der Waals surface area contributed by atoms with E-state index in [4.69, 9.17) is 9.97 Å². The molecule has 1 atom stereocenters. The van der Waals surface area contributed by atoms with E-state index in [2.05, 4.69) is 5.32 Å². The summed E-state index contributed by atoms with van der Waals surface area (Å²) in [6.07, 6.45) is 4.08. The Hall–Kier alpha value is -2.56. The zero-order valence-corrected chi connectivity index (χ0v) is 15.7. The van der Waals surface area contributed by atoms with E-state index in [1.165, 1.54) is 6.07 Å². The van der Waals surface area contributed by atoms with Crippen LogP contribution in [0.3, 0.4) is 0 Å². The summed E-state index contributed by atoms with van der Waals surface area (Å²) in [4.78, 5) is 21.8. The van der Waals surface area contributed by atoms with Crippen LogP contribution in [-0.2, 0) is 17.6 Å². The van der Waals surface area contributed by atoms with Crippen LogP contribution in [0, 0.1) is 11.7 Å². The summed E-state index contributed by atoms with van der Waals surface area (Å²) in [5, 5.41) is 2.93. The Bertz CT molecular complexity index is 885. The largest absolute Gasteiger partial charge is 0.309 e. The third-order valence-corrected chi connectivity index (χ3v) is 4.68. The molecule has 1 aliphatic carbocycles. The molecule has 136 valence electrons. The van der Waals surface area contributed by atoms with Gasteiger partial charge in [-0.15, -0.1) is 0 Å². The number of rotatable bonds is 4. The first-order chi connectivity index (χ1) is 12.4. The molecule has 0 bridgehead atoms. The number of hydrogen-bond acceptors (Lipinski definition) is 3. The summed E-state index contributed by atoms with van der Waals surface area (Å²) in [6.45, 7) is 7.83. The molecule has 3 rings (SSSR count). The summed E-state index contributed by atoms with van der Waals surface area (Å²) in [6, 6.07) is 4.79. The first-order valence-electron chi connectivity index (χ1n) is 9.04. The molecule has 4 nitrogen and oxygen atoms in total. The smallest absolute Gasteiger partial charge is 0.228 e. The minimum Gasteiger partial charge on any atom is -0.309 e. The highest BCUT2D eigenvalue weighted by atomic mass is 19.1. The van der Waals surface area contributed by atoms with Gasteiger partial charge >= 0.3 is 0 Å². The predicted molar refractivity (Wildman–Crippen MR) is 102 cm³/mol. The highest BCUT2D eigenvalue weighted by molar-refractivity contribution is 5.93. The van der Waals surface area contributed by atoms with Gasteiger partial charge in [-0.1, -0.05) is 19.4 Å². The quantitative estimate of drug-likeness (QED) is 0.860. The van der Waals surface area contributed by atoms with Gasteiger partial charge in [-0.3, -0.25) is 4.79 Å². The number of anilines is 1. The van der Waals surface area contributed by atoms with Crippen LogP contribution in [0.4, 0.5) is 10.2 Å². The summed E-state index contributed by atoms with van der Waals surface area (Å²) < 4.78 is 13.5. The van der Waals surface area contributed by atoms with E-state index in [-0.39, 0.29) is 17.6 Å². The van der Waals surface area contributed by atoms with Gasteiger partial charge in [-0.2, -0.15) is 0 Å². The second kappa shape index (κ2) is 7.36. The molecule has 0 spiro atoms. The molecule has 0 fully saturated rings. The van der Waals surface area contributed by atoms with Gasteiger partial charge in [0.15, 0.2) is 5.82 Å². The molecular formula is C21H24FN3O. The Balaban J connectivity index is 2.09. The number of carbonyl (C=O) groups excluding carboxylic acids is 1. The van der Waals surface area contributed by atoms with Crippen molar-refractivity contribution in [1.82, 2.24) is 9.97 Å². The third kappa shape index (κ3) is 3.66. The average molecular weight is 353 g/mol. The maximum absolute atomic E-state index is 13.5. The Labute approximate surface area is 153 Å². The number of aromatic nitrogens is 2. The molecule has 1 aliphatic rings. The van der Waals surface area contributed by atoms with Crippen molar-refractivity contribution in [2.45, 2.75) is 47.0 Å². The van der Waals surface area contributed by atoms with Crippen LogP contribution in [-0.4, -0.2) is 15.9 Å². The lowest BCUT2D eigenvalue weighted by Crippen LogP contribution is -2.22. The maximum Gasteiger partial charge on any atom is 0.228 e. The number of hydrogen-bond donors (Lipinski definition) is 1. The Morgan fingerprint density at radius 2 is 2.08 bits per heavy atom. The van der Waals surface area contributed by atoms with Crippen LogP contribution in [0.25, 0.3) is 17.3 Å². The molecule has 0 saturated heterocycles. The number of nitrogens with zero attached hydrogens (tertiary/aromatic N) is 2. The van der Waals surface area contributed by atoms with Gasteiger partial charge in [0.1, 0.15) is 11.5 Å². The molecule has 1 aromatic carbocycles. The monoisotopic (exact) mass is 353 g/mol. The van der Waals surface area contributed by atoms with Gasteiger partial charge in [0.05, 0.1) is 11.4 Å². The van der Waals surface area contributed by atoms with Crippen LogP contribution in [0.15, 0.2) is 23.8 Å². The lowest BCUT2D eigenvalue weighted by atomic mass is 9.91. The van der Waals surface area contributed by atoms with Crippen molar-refractivity contribution in [1.29, 1.82) is 0 Å². The van der Waals surface area contributed by atoms with Crippen LogP contribution < -0.4 is 5.32 Å². The summed E-state index contributed by atoms with van der Waals surface area (Å²) >= 11 is 0. The van der Waals surface area contributed by atoms with Gasteiger partial charge < -0.3 is 5.32 Å². The number of amides is 1. The first-order valence-corrected chi connectivity index (χ1v) is 9.04. The Kier molecular flexibility index (Phi) is 5.16. The standard InChI is InChI=1S/C21H24FN3O/c1-5-13(4)21(26)25-20-18(10-12(2)3)23-19-16-8-7-15(22)11-14(16)6-9-17(19)24-20/h7-8,10-11,13H,5-6,9H2,1-4H3,(H,24,25,26). The van der Waals surface area contributed by atoms with Crippen LogP contribution in [0.5, 0.6) is 0 Å². The highest BCUT2D eigenvalue weighted by Crippen LogP contribution is 2.33. The minimum atomic E-state index is -0.234. The Morgan fingerprint density at radius 1 is 1.31 bits per heavy atom. The van der Waals surface area contributed by atoms with Gasteiger partial charge in [0.2, 0.25) is 5.91 Å². The molecule has 1 amide bonds. The van der Waals surface area contributed by atoms with Gasteiger partial charge in [-0.25, -0.2) is 14.4 Å². The molecule has 0 radical (unpaired) electrons. The van der Waals surface area contributed by atoms with E-state index in [9.17, 15) is 9.18 Å². The van der Waals surface area contributed by atoms with E-state index in [0.29, 0.717) is 17.9 Å². The first kappa shape index (κ1) is 18.2. The average Bonchev–Trinajstić information content (AvgIpc) is 2.60. The second-order valence-corrected chi connectivity index (χ2v) is 7.07. The van der Waals surface area contributed by atoms with E-state index in [1.807, 2.05) is 33.8 Å². The van der Waals surface area contributed by atoms with E-state index >= 15 is 0 Å². The topological polar surface area (TPSA) is 54.9 Å². The lowest BCUT2D eigenvalue weighted by molar-refractivity contribution is -0.119. The number of nitrogens with one attached hydrogen (secondary N) is 1. The SMILES string of the molecule is CCC(C)C(=O)Nc1nc2c(nc1C=C(C)C)-c1ccc(F)cc1CC2. The van der Waals surface area contributed by atoms with E-state index in [1.54, 1.807) is 12.1 Å². The molecule has 2 aromatic rings. The van der Waals surface area contributed by atoms with Crippen molar-refractivity contribution in [2.75, 3.05) is 5.32 Å². The minimum absolute atomic E-state index is 0.0524. The van der Waals surface area contributed by atoms with Crippen molar-refractivity contribution in [3.63, 3.8) is 0 Å². The van der Waals surface area contributed by atoms with Crippen molar-refractivity contribution >= 4 is 17.8 Å². The number of benzene rings is 1. The fraction of sp³-hybridized carbons (Fsp3) is 0.381. The van der Waals surface area contributed by atoms with Crippen molar-refractivity contribution in [2.24, 2.45) is 5.92 Å². The summed E-state index contributed by atoms with van der Waals surface area (Å²) in [5.74, 6) is 0.127. The number of aryl methyl sites for hydroxylation is 2. The zero-order valence-electron chi connectivity index (χ0n) is 15.7. The van der Waals surface area contributed by atoms with Gasteiger partial charge in [0.25, 0.3) is 0 Å². The third-order valence-electron chi connectivity index (χ3n) is 4.68. The van der Waals surface area contributed by atoms with Crippen molar-refractivity contribution < 1.29 is 9.18 Å². The molecular weight excluding hydrogens is 329 g/mol. The summed E-state index contributed by atoms with van der Waals surface area (Å²) in [7, 11) is 0. The zero-order chi connectivity index (χ0) is 18.8. The molecule has 0 saturated carbocycles. The molecule has 1 unspecified atom stereocenters. The second-order valence-electron chi connectivity index (χ2n) is 7.07. The van der Waals surface area contributed by atoms with Crippen LogP contribution >= 0.6 is 0 Å². The van der Waals surface area contributed by atoms with E-state index < -0.39 is 0 Å².